The van der Waals surface area contributed by atoms with Gasteiger partial charge in [0.25, 0.3) is 0 Å². The molecule has 3 N–H and O–H groups in total. The summed E-state index contributed by atoms with van der Waals surface area (Å²) in [5, 5.41) is 6.40. The second kappa shape index (κ2) is 6.37. The highest BCUT2D eigenvalue weighted by molar-refractivity contribution is 7.92. The zero-order valence-corrected chi connectivity index (χ0v) is 14.9. The van der Waals surface area contributed by atoms with Crippen LogP contribution in [0.3, 0.4) is 0 Å². The third-order valence-electron chi connectivity index (χ3n) is 5.19. The van der Waals surface area contributed by atoms with Gasteiger partial charge in [0.05, 0.1) is 18.0 Å². The Balaban J connectivity index is 1.67. The number of carbonyl (C=O) groups excluding carboxylic acids is 1. The van der Waals surface area contributed by atoms with E-state index in [9.17, 15) is 13.2 Å². The number of hydrogen-bond acceptors (Lipinski definition) is 4. The summed E-state index contributed by atoms with van der Waals surface area (Å²) in [4.78, 5) is 12.6. The fraction of sp³-hybridized carbons (Fsp3) is 0.588. The van der Waals surface area contributed by atoms with Gasteiger partial charge in [0.2, 0.25) is 15.9 Å². The van der Waals surface area contributed by atoms with Gasteiger partial charge < -0.3 is 10.6 Å². The maximum atomic E-state index is 12.6. The molecular weight excluding hydrogens is 326 g/mol. The van der Waals surface area contributed by atoms with Crippen LogP contribution in [0, 0.1) is 11.3 Å². The van der Waals surface area contributed by atoms with Crippen molar-refractivity contribution >= 4 is 21.6 Å². The molecule has 0 bridgehead atoms. The number of para-hydroxylation sites is 1. The van der Waals surface area contributed by atoms with Crippen molar-refractivity contribution in [2.75, 3.05) is 24.1 Å². The van der Waals surface area contributed by atoms with Gasteiger partial charge in [-0.05, 0) is 56.3 Å². The highest BCUT2D eigenvalue weighted by Gasteiger charge is 2.57. The van der Waals surface area contributed by atoms with Gasteiger partial charge in [-0.3, -0.25) is 9.52 Å². The van der Waals surface area contributed by atoms with E-state index in [4.69, 9.17) is 0 Å². The molecule has 2 unspecified atom stereocenters. The minimum atomic E-state index is -3.36. The van der Waals surface area contributed by atoms with Crippen molar-refractivity contribution in [3.05, 3.63) is 29.8 Å². The standard InChI is InChI=1S/C17H25N3O3S/c1-12(13-5-3-4-6-15(13)20-24(2,22)23)19-16(21)14-11-17(14)7-9-18-10-8-17/h3-6,12,14,18,20H,7-11H2,1-2H3,(H,19,21). The molecule has 0 aromatic heterocycles. The van der Waals surface area contributed by atoms with E-state index in [1.165, 1.54) is 0 Å². The van der Waals surface area contributed by atoms with Crippen LogP contribution in [0.2, 0.25) is 0 Å². The third-order valence-corrected chi connectivity index (χ3v) is 5.78. The first-order valence-electron chi connectivity index (χ1n) is 8.39. The highest BCUT2D eigenvalue weighted by atomic mass is 32.2. The van der Waals surface area contributed by atoms with Gasteiger partial charge in [0.15, 0.2) is 0 Å². The van der Waals surface area contributed by atoms with Crippen LogP contribution in [0.15, 0.2) is 24.3 Å². The molecule has 7 heteroatoms. The van der Waals surface area contributed by atoms with Gasteiger partial charge >= 0.3 is 0 Å². The quantitative estimate of drug-likeness (QED) is 0.752. The molecule has 24 heavy (non-hydrogen) atoms. The maximum Gasteiger partial charge on any atom is 0.229 e. The Kier molecular flexibility index (Phi) is 4.57. The molecule has 1 aromatic rings. The number of anilines is 1. The van der Waals surface area contributed by atoms with Gasteiger partial charge in [-0.1, -0.05) is 18.2 Å². The van der Waals surface area contributed by atoms with E-state index >= 15 is 0 Å². The van der Waals surface area contributed by atoms with Crippen molar-refractivity contribution in [2.24, 2.45) is 11.3 Å². The Labute approximate surface area is 143 Å². The molecule has 1 spiro atoms. The Morgan fingerprint density at radius 3 is 2.62 bits per heavy atom. The van der Waals surface area contributed by atoms with Crippen LogP contribution in [-0.2, 0) is 14.8 Å². The van der Waals surface area contributed by atoms with Crippen LogP contribution < -0.4 is 15.4 Å². The van der Waals surface area contributed by atoms with E-state index < -0.39 is 10.0 Å². The molecule has 2 aliphatic rings. The van der Waals surface area contributed by atoms with Crippen molar-refractivity contribution < 1.29 is 13.2 Å². The minimum Gasteiger partial charge on any atom is -0.349 e. The van der Waals surface area contributed by atoms with Crippen LogP contribution >= 0.6 is 0 Å². The minimum absolute atomic E-state index is 0.0820. The number of carbonyl (C=O) groups is 1. The number of benzene rings is 1. The normalized spacial score (nSPS) is 23.5. The maximum absolute atomic E-state index is 12.6. The summed E-state index contributed by atoms with van der Waals surface area (Å²) in [6.07, 6.45) is 4.21. The predicted molar refractivity (Wildman–Crippen MR) is 94.1 cm³/mol. The van der Waals surface area contributed by atoms with Crippen LogP contribution in [0.5, 0.6) is 0 Å². The Hall–Kier alpha value is -1.60. The number of sulfonamides is 1. The molecule has 2 atom stereocenters. The van der Waals surface area contributed by atoms with E-state index in [1.54, 1.807) is 12.1 Å². The fourth-order valence-electron chi connectivity index (χ4n) is 3.75. The molecule has 6 nitrogen and oxygen atoms in total. The second-order valence-corrected chi connectivity index (χ2v) is 8.81. The molecule has 1 aliphatic carbocycles. The molecule has 1 saturated carbocycles. The first-order valence-corrected chi connectivity index (χ1v) is 10.3. The van der Waals surface area contributed by atoms with Crippen molar-refractivity contribution in [3.8, 4) is 0 Å². The molecule has 3 rings (SSSR count). The summed E-state index contributed by atoms with van der Waals surface area (Å²) >= 11 is 0. The highest BCUT2D eigenvalue weighted by Crippen LogP contribution is 2.58. The first kappa shape index (κ1) is 17.2. The predicted octanol–water partition coefficient (Wildman–Crippen LogP) is 1.62. The zero-order chi connectivity index (χ0) is 17.4. The first-order chi connectivity index (χ1) is 11.3. The van der Waals surface area contributed by atoms with E-state index in [1.807, 2.05) is 19.1 Å². The lowest BCUT2D eigenvalue weighted by Crippen LogP contribution is -2.34. The lowest BCUT2D eigenvalue weighted by molar-refractivity contribution is -0.123. The monoisotopic (exact) mass is 351 g/mol. The molecule has 132 valence electrons. The number of hydrogen-bond donors (Lipinski definition) is 3. The summed E-state index contributed by atoms with van der Waals surface area (Å²) in [7, 11) is -3.36. The lowest BCUT2D eigenvalue weighted by atomic mass is 9.91. The second-order valence-electron chi connectivity index (χ2n) is 7.06. The molecule has 0 radical (unpaired) electrons. The summed E-state index contributed by atoms with van der Waals surface area (Å²) in [5.74, 6) is 0.177. The van der Waals surface area contributed by atoms with Crippen molar-refractivity contribution in [1.29, 1.82) is 0 Å². The molecule has 1 heterocycles. The Morgan fingerprint density at radius 2 is 1.96 bits per heavy atom. The van der Waals surface area contributed by atoms with Crippen LogP contribution in [0.4, 0.5) is 5.69 Å². The molecule has 2 fully saturated rings. The van der Waals surface area contributed by atoms with Crippen LogP contribution in [-0.4, -0.2) is 33.7 Å². The number of amides is 1. The van der Waals surface area contributed by atoms with Crippen LogP contribution in [0.1, 0.15) is 37.8 Å². The van der Waals surface area contributed by atoms with Gasteiger partial charge in [-0.15, -0.1) is 0 Å². The number of piperidine rings is 1. The molecular formula is C17H25N3O3S. The van der Waals surface area contributed by atoms with E-state index in [2.05, 4.69) is 15.4 Å². The van der Waals surface area contributed by atoms with Gasteiger partial charge in [0.1, 0.15) is 0 Å². The summed E-state index contributed by atoms with van der Waals surface area (Å²) in [5.41, 5.74) is 1.48. The topological polar surface area (TPSA) is 87.3 Å². The van der Waals surface area contributed by atoms with Crippen LogP contribution in [0.25, 0.3) is 0 Å². The third kappa shape index (κ3) is 3.72. The van der Waals surface area contributed by atoms with E-state index in [0.29, 0.717) is 5.69 Å². The van der Waals surface area contributed by atoms with Crippen molar-refractivity contribution in [3.63, 3.8) is 0 Å². The summed E-state index contributed by atoms with van der Waals surface area (Å²) in [6, 6.07) is 6.92. The molecule has 1 aliphatic heterocycles. The van der Waals surface area contributed by atoms with Crippen molar-refractivity contribution in [2.45, 2.75) is 32.2 Å². The molecule has 1 amide bonds. The van der Waals surface area contributed by atoms with E-state index in [0.717, 1.165) is 44.2 Å². The average molecular weight is 351 g/mol. The Morgan fingerprint density at radius 1 is 1.29 bits per heavy atom. The van der Waals surface area contributed by atoms with E-state index in [-0.39, 0.29) is 23.3 Å². The number of rotatable bonds is 5. The SMILES string of the molecule is CC(NC(=O)C1CC12CCNCC2)c1ccccc1NS(C)(=O)=O. The van der Waals surface area contributed by atoms with Gasteiger partial charge in [0, 0.05) is 5.92 Å². The zero-order valence-electron chi connectivity index (χ0n) is 14.1. The molecule has 1 aromatic carbocycles. The average Bonchev–Trinajstić information content (AvgIpc) is 3.20. The molecule has 1 saturated heterocycles. The summed E-state index contributed by atoms with van der Waals surface area (Å²) in [6.45, 7) is 3.86. The van der Waals surface area contributed by atoms with Gasteiger partial charge in [-0.2, -0.15) is 0 Å². The van der Waals surface area contributed by atoms with Crippen molar-refractivity contribution in [1.82, 2.24) is 10.6 Å². The Bertz CT molecular complexity index is 726. The smallest absolute Gasteiger partial charge is 0.229 e. The fourth-order valence-corrected chi connectivity index (χ4v) is 4.34. The lowest BCUT2D eigenvalue weighted by Gasteiger charge is -2.24. The van der Waals surface area contributed by atoms with Gasteiger partial charge in [-0.25, -0.2) is 8.42 Å². The number of nitrogens with one attached hydrogen (secondary N) is 3. The largest absolute Gasteiger partial charge is 0.349 e. The summed E-state index contributed by atoms with van der Waals surface area (Å²) < 4.78 is 25.5.